The number of halogens is 1. The van der Waals surface area contributed by atoms with Gasteiger partial charge in [0.05, 0.1) is 6.54 Å². The predicted octanol–water partition coefficient (Wildman–Crippen LogP) is 2.90. The lowest BCUT2D eigenvalue weighted by molar-refractivity contribution is 0.0963. The van der Waals surface area contributed by atoms with Crippen LogP contribution in [0.5, 0.6) is 0 Å². The standard InChI is InChI=1S/C17H22N4OS.HI/c1-12-7-8-15(23-12)11-21-17(19-3)20-10-13-5-4-6-14(9-13)16(22)18-2;/h4-9H,10-11H2,1-3H3,(H,18,22)(H2,19,20,21);1H. The van der Waals surface area contributed by atoms with Crippen LogP contribution < -0.4 is 16.0 Å². The molecule has 0 radical (unpaired) electrons. The summed E-state index contributed by atoms with van der Waals surface area (Å²) in [5, 5.41) is 9.18. The highest BCUT2D eigenvalue weighted by Crippen LogP contribution is 2.14. The van der Waals surface area contributed by atoms with E-state index in [2.05, 4.69) is 40.0 Å². The van der Waals surface area contributed by atoms with E-state index in [1.807, 2.05) is 18.2 Å². The molecule has 2 aromatic rings. The highest BCUT2D eigenvalue weighted by atomic mass is 127. The van der Waals surface area contributed by atoms with Crippen molar-refractivity contribution in [3.8, 4) is 0 Å². The van der Waals surface area contributed by atoms with Crippen molar-refractivity contribution in [1.82, 2.24) is 16.0 Å². The van der Waals surface area contributed by atoms with Crippen molar-refractivity contribution in [3.63, 3.8) is 0 Å². The van der Waals surface area contributed by atoms with Gasteiger partial charge in [-0.2, -0.15) is 0 Å². The minimum atomic E-state index is -0.0811. The van der Waals surface area contributed by atoms with Gasteiger partial charge in [-0.1, -0.05) is 12.1 Å². The third kappa shape index (κ3) is 6.12. The zero-order valence-electron chi connectivity index (χ0n) is 14.1. The Morgan fingerprint density at radius 3 is 2.54 bits per heavy atom. The van der Waals surface area contributed by atoms with E-state index in [9.17, 15) is 4.79 Å². The van der Waals surface area contributed by atoms with Crippen LogP contribution >= 0.6 is 35.3 Å². The van der Waals surface area contributed by atoms with E-state index in [1.165, 1.54) is 9.75 Å². The largest absolute Gasteiger partial charge is 0.355 e. The number of hydrogen-bond acceptors (Lipinski definition) is 3. The molecule has 3 N–H and O–H groups in total. The number of rotatable bonds is 5. The van der Waals surface area contributed by atoms with Gasteiger partial charge in [0, 0.05) is 36.0 Å². The van der Waals surface area contributed by atoms with E-state index >= 15 is 0 Å². The summed E-state index contributed by atoms with van der Waals surface area (Å²) in [4.78, 5) is 18.4. The van der Waals surface area contributed by atoms with Gasteiger partial charge in [0.25, 0.3) is 5.91 Å². The van der Waals surface area contributed by atoms with Gasteiger partial charge >= 0.3 is 0 Å². The number of carbonyl (C=O) groups is 1. The van der Waals surface area contributed by atoms with E-state index in [0.717, 1.165) is 18.1 Å². The Morgan fingerprint density at radius 1 is 1.17 bits per heavy atom. The molecular weight excluding hydrogens is 435 g/mol. The number of guanidine groups is 1. The first-order chi connectivity index (χ1) is 11.1. The summed E-state index contributed by atoms with van der Waals surface area (Å²) >= 11 is 1.77. The summed E-state index contributed by atoms with van der Waals surface area (Å²) < 4.78 is 0. The van der Waals surface area contributed by atoms with Crippen molar-refractivity contribution >= 4 is 47.2 Å². The van der Waals surface area contributed by atoms with Gasteiger partial charge in [-0.3, -0.25) is 9.79 Å². The molecule has 0 bridgehead atoms. The second-order valence-corrected chi connectivity index (χ2v) is 6.44. The van der Waals surface area contributed by atoms with Crippen molar-refractivity contribution in [2.75, 3.05) is 14.1 Å². The summed E-state index contributed by atoms with van der Waals surface area (Å²) in [5.74, 6) is 0.656. The zero-order valence-corrected chi connectivity index (χ0v) is 17.2. The van der Waals surface area contributed by atoms with Crippen molar-refractivity contribution in [2.24, 2.45) is 4.99 Å². The van der Waals surface area contributed by atoms with Crippen LogP contribution in [-0.4, -0.2) is 26.0 Å². The third-order valence-electron chi connectivity index (χ3n) is 3.33. The summed E-state index contributed by atoms with van der Waals surface area (Å²) in [7, 11) is 3.38. The SMILES string of the molecule is CN=C(NCc1cccc(C(=O)NC)c1)NCc1ccc(C)s1.I. The molecule has 0 saturated carbocycles. The fraction of sp³-hybridized carbons (Fsp3) is 0.294. The zero-order chi connectivity index (χ0) is 16.7. The van der Waals surface area contributed by atoms with Crippen molar-refractivity contribution in [2.45, 2.75) is 20.0 Å². The number of hydrogen-bond donors (Lipinski definition) is 3. The number of aryl methyl sites for hydroxylation is 1. The molecule has 0 aliphatic carbocycles. The molecule has 2 rings (SSSR count). The Kier molecular flexibility index (Phi) is 8.77. The predicted molar refractivity (Wildman–Crippen MR) is 111 cm³/mol. The minimum absolute atomic E-state index is 0. The van der Waals surface area contributed by atoms with Gasteiger partial charge in [-0.15, -0.1) is 35.3 Å². The smallest absolute Gasteiger partial charge is 0.251 e. The van der Waals surface area contributed by atoms with Crippen molar-refractivity contribution < 1.29 is 4.79 Å². The molecule has 0 unspecified atom stereocenters. The van der Waals surface area contributed by atoms with E-state index in [0.29, 0.717) is 12.1 Å². The number of amides is 1. The number of thiophene rings is 1. The van der Waals surface area contributed by atoms with Crippen LogP contribution in [0.4, 0.5) is 0 Å². The van der Waals surface area contributed by atoms with Crippen LogP contribution in [0.2, 0.25) is 0 Å². The summed E-state index contributed by atoms with van der Waals surface area (Å²) in [6.07, 6.45) is 0. The molecule has 0 saturated heterocycles. The average Bonchev–Trinajstić information content (AvgIpc) is 3.00. The molecule has 130 valence electrons. The third-order valence-corrected chi connectivity index (χ3v) is 4.33. The molecule has 24 heavy (non-hydrogen) atoms. The van der Waals surface area contributed by atoms with Gasteiger partial charge in [0.2, 0.25) is 0 Å². The molecule has 0 atom stereocenters. The fourth-order valence-corrected chi connectivity index (χ4v) is 2.95. The molecule has 1 aromatic heterocycles. The lowest BCUT2D eigenvalue weighted by Crippen LogP contribution is -2.36. The molecule has 1 amide bonds. The number of carbonyl (C=O) groups excluding carboxylic acids is 1. The maximum Gasteiger partial charge on any atom is 0.251 e. The maximum atomic E-state index is 11.7. The molecule has 0 fully saturated rings. The molecule has 0 aliphatic rings. The number of aliphatic imine (C=N–C) groups is 1. The Bertz CT molecular complexity index is 699. The van der Waals surface area contributed by atoms with Gasteiger partial charge < -0.3 is 16.0 Å². The van der Waals surface area contributed by atoms with E-state index in [1.54, 1.807) is 31.5 Å². The summed E-state index contributed by atoms with van der Waals surface area (Å²) in [5.41, 5.74) is 1.69. The average molecular weight is 458 g/mol. The van der Waals surface area contributed by atoms with E-state index in [4.69, 9.17) is 0 Å². The van der Waals surface area contributed by atoms with Crippen LogP contribution in [0.1, 0.15) is 25.7 Å². The molecule has 0 aliphatic heterocycles. The van der Waals surface area contributed by atoms with Gasteiger partial charge in [0.1, 0.15) is 0 Å². The number of nitrogens with zero attached hydrogens (tertiary/aromatic N) is 1. The second kappa shape index (κ2) is 10.3. The molecular formula is C17H23IN4OS. The lowest BCUT2D eigenvalue weighted by atomic mass is 10.1. The molecule has 0 spiro atoms. The molecule has 5 nitrogen and oxygen atoms in total. The van der Waals surface area contributed by atoms with Crippen LogP contribution in [0.25, 0.3) is 0 Å². The quantitative estimate of drug-likeness (QED) is 0.367. The van der Waals surface area contributed by atoms with Gasteiger partial charge in [-0.05, 0) is 36.8 Å². The van der Waals surface area contributed by atoms with Gasteiger partial charge in [-0.25, -0.2) is 0 Å². The Balaban J connectivity index is 0.00000288. The first kappa shape index (κ1) is 20.4. The normalized spacial score (nSPS) is 10.7. The minimum Gasteiger partial charge on any atom is -0.355 e. The Hall–Kier alpha value is -1.61. The highest BCUT2D eigenvalue weighted by molar-refractivity contribution is 14.0. The summed E-state index contributed by atoms with van der Waals surface area (Å²) in [6, 6.07) is 11.8. The van der Waals surface area contributed by atoms with E-state index in [-0.39, 0.29) is 29.9 Å². The van der Waals surface area contributed by atoms with Crippen LogP contribution in [0, 0.1) is 6.92 Å². The van der Waals surface area contributed by atoms with Crippen LogP contribution in [0.15, 0.2) is 41.4 Å². The monoisotopic (exact) mass is 458 g/mol. The van der Waals surface area contributed by atoms with Gasteiger partial charge in [0.15, 0.2) is 5.96 Å². The lowest BCUT2D eigenvalue weighted by Gasteiger charge is -2.12. The van der Waals surface area contributed by atoms with Crippen LogP contribution in [-0.2, 0) is 13.1 Å². The van der Waals surface area contributed by atoms with Crippen molar-refractivity contribution in [1.29, 1.82) is 0 Å². The highest BCUT2D eigenvalue weighted by Gasteiger charge is 2.05. The second-order valence-electron chi connectivity index (χ2n) is 5.07. The topological polar surface area (TPSA) is 65.5 Å². The van der Waals surface area contributed by atoms with Crippen LogP contribution in [0.3, 0.4) is 0 Å². The first-order valence-electron chi connectivity index (χ1n) is 7.43. The Morgan fingerprint density at radius 2 is 1.92 bits per heavy atom. The number of nitrogens with one attached hydrogen (secondary N) is 3. The molecule has 7 heteroatoms. The summed E-state index contributed by atoms with van der Waals surface area (Å²) in [6.45, 7) is 3.45. The molecule has 1 heterocycles. The van der Waals surface area contributed by atoms with E-state index < -0.39 is 0 Å². The number of benzene rings is 1. The van der Waals surface area contributed by atoms with Crippen molar-refractivity contribution in [3.05, 3.63) is 57.3 Å². The Labute approximate surface area is 164 Å². The fourth-order valence-electron chi connectivity index (χ4n) is 2.12. The maximum absolute atomic E-state index is 11.7. The molecule has 1 aromatic carbocycles. The first-order valence-corrected chi connectivity index (χ1v) is 8.25.